The van der Waals surface area contributed by atoms with E-state index in [1.54, 1.807) is 7.05 Å². The minimum absolute atomic E-state index is 0.0413. The topological polar surface area (TPSA) is 29.1 Å². The maximum Gasteiger partial charge on any atom is 0.170 e. The number of Topliss-reactive ketones (excluding diaryl/α,β-unsaturated/α-hetero) is 1. The number of benzene rings is 1. The first kappa shape index (κ1) is 13.8. The molecular formula is C13H17F2NO. The van der Waals surface area contributed by atoms with Crippen molar-refractivity contribution in [1.29, 1.82) is 0 Å². The number of carbonyl (C=O) groups excluding carboxylic acids is 1. The smallest absolute Gasteiger partial charge is 0.170 e. The van der Waals surface area contributed by atoms with E-state index in [-0.39, 0.29) is 23.2 Å². The van der Waals surface area contributed by atoms with Gasteiger partial charge in [-0.3, -0.25) is 4.79 Å². The fraction of sp³-hybridized carbons (Fsp3) is 0.462. The summed E-state index contributed by atoms with van der Waals surface area (Å²) >= 11 is 0. The SMILES string of the molecule is CNCC(C(=O)c1ccc(F)cc1F)C(C)C. The molecule has 1 aromatic carbocycles. The molecule has 1 rings (SSSR count). The molecule has 94 valence electrons. The molecule has 0 aliphatic heterocycles. The zero-order chi connectivity index (χ0) is 13.0. The molecule has 0 aliphatic carbocycles. The Morgan fingerprint density at radius 1 is 1.35 bits per heavy atom. The first-order chi connectivity index (χ1) is 7.97. The predicted molar refractivity (Wildman–Crippen MR) is 62.9 cm³/mol. The highest BCUT2D eigenvalue weighted by atomic mass is 19.1. The molecule has 4 heteroatoms. The third-order valence-corrected chi connectivity index (χ3v) is 2.76. The van der Waals surface area contributed by atoms with Gasteiger partial charge >= 0.3 is 0 Å². The van der Waals surface area contributed by atoms with E-state index in [0.717, 1.165) is 12.1 Å². The third-order valence-electron chi connectivity index (χ3n) is 2.76. The lowest BCUT2D eigenvalue weighted by atomic mass is 9.87. The number of nitrogens with one attached hydrogen (secondary N) is 1. The van der Waals surface area contributed by atoms with Crippen LogP contribution in [0.5, 0.6) is 0 Å². The number of ketones is 1. The lowest BCUT2D eigenvalue weighted by molar-refractivity contribution is 0.0881. The van der Waals surface area contributed by atoms with Crippen molar-refractivity contribution >= 4 is 5.78 Å². The van der Waals surface area contributed by atoms with Crippen LogP contribution in [-0.2, 0) is 0 Å². The van der Waals surface area contributed by atoms with E-state index < -0.39 is 11.6 Å². The molecule has 0 spiro atoms. The molecule has 0 amide bonds. The van der Waals surface area contributed by atoms with Crippen molar-refractivity contribution in [1.82, 2.24) is 5.32 Å². The normalized spacial score (nSPS) is 12.8. The largest absolute Gasteiger partial charge is 0.319 e. The molecule has 0 fully saturated rings. The Labute approximate surface area is 100 Å². The number of carbonyl (C=O) groups is 1. The van der Waals surface area contributed by atoms with E-state index in [9.17, 15) is 13.6 Å². The number of rotatable bonds is 5. The van der Waals surface area contributed by atoms with Crippen molar-refractivity contribution < 1.29 is 13.6 Å². The monoisotopic (exact) mass is 241 g/mol. The average molecular weight is 241 g/mol. The van der Waals surface area contributed by atoms with Gasteiger partial charge in [0.25, 0.3) is 0 Å². The molecule has 1 aromatic rings. The van der Waals surface area contributed by atoms with Crippen LogP contribution in [-0.4, -0.2) is 19.4 Å². The molecular weight excluding hydrogens is 224 g/mol. The summed E-state index contributed by atoms with van der Waals surface area (Å²) in [7, 11) is 1.74. The quantitative estimate of drug-likeness (QED) is 0.803. The Morgan fingerprint density at radius 3 is 2.47 bits per heavy atom. The number of hydrogen-bond donors (Lipinski definition) is 1. The van der Waals surface area contributed by atoms with Gasteiger partial charge in [-0.1, -0.05) is 13.8 Å². The Hall–Kier alpha value is -1.29. The summed E-state index contributed by atoms with van der Waals surface area (Å²) < 4.78 is 26.2. The van der Waals surface area contributed by atoms with Gasteiger partial charge in [-0.25, -0.2) is 8.78 Å². The van der Waals surface area contributed by atoms with Gasteiger partial charge < -0.3 is 5.32 Å². The van der Waals surface area contributed by atoms with Gasteiger partial charge in [-0.05, 0) is 25.1 Å². The van der Waals surface area contributed by atoms with Crippen LogP contribution in [0, 0.1) is 23.5 Å². The van der Waals surface area contributed by atoms with Crippen LogP contribution in [0.2, 0.25) is 0 Å². The minimum Gasteiger partial charge on any atom is -0.319 e. The average Bonchev–Trinajstić information content (AvgIpc) is 2.24. The molecule has 0 aromatic heterocycles. The van der Waals surface area contributed by atoms with Crippen LogP contribution in [0.15, 0.2) is 18.2 Å². The lowest BCUT2D eigenvalue weighted by Crippen LogP contribution is -2.31. The van der Waals surface area contributed by atoms with Crippen molar-refractivity contribution in [2.75, 3.05) is 13.6 Å². The molecule has 0 radical (unpaired) electrons. The first-order valence-electron chi connectivity index (χ1n) is 5.61. The first-order valence-corrected chi connectivity index (χ1v) is 5.61. The maximum atomic E-state index is 13.5. The molecule has 0 saturated carbocycles. The molecule has 17 heavy (non-hydrogen) atoms. The highest BCUT2D eigenvalue weighted by Crippen LogP contribution is 2.19. The number of halogens is 2. The van der Waals surface area contributed by atoms with E-state index in [0.29, 0.717) is 6.54 Å². The van der Waals surface area contributed by atoms with Crippen LogP contribution in [0.25, 0.3) is 0 Å². The molecule has 1 atom stereocenters. The van der Waals surface area contributed by atoms with Gasteiger partial charge in [0.1, 0.15) is 11.6 Å². The lowest BCUT2D eigenvalue weighted by Gasteiger charge is -2.19. The maximum absolute atomic E-state index is 13.5. The van der Waals surface area contributed by atoms with Crippen molar-refractivity contribution in [3.05, 3.63) is 35.4 Å². The van der Waals surface area contributed by atoms with Crippen LogP contribution in [0.4, 0.5) is 8.78 Å². The van der Waals surface area contributed by atoms with Gasteiger partial charge in [-0.15, -0.1) is 0 Å². The summed E-state index contributed by atoms with van der Waals surface area (Å²) in [6.07, 6.45) is 0. The number of hydrogen-bond acceptors (Lipinski definition) is 2. The molecule has 0 aliphatic rings. The van der Waals surface area contributed by atoms with E-state index >= 15 is 0 Å². The summed E-state index contributed by atoms with van der Waals surface area (Å²) in [4.78, 5) is 12.1. The summed E-state index contributed by atoms with van der Waals surface area (Å²) in [5.74, 6) is -1.96. The fourth-order valence-electron chi connectivity index (χ4n) is 1.74. The Balaban J connectivity index is 3.01. The van der Waals surface area contributed by atoms with E-state index in [1.807, 2.05) is 13.8 Å². The van der Waals surface area contributed by atoms with E-state index in [2.05, 4.69) is 5.32 Å². The third kappa shape index (κ3) is 3.33. The van der Waals surface area contributed by atoms with Crippen molar-refractivity contribution in [2.45, 2.75) is 13.8 Å². The van der Waals surface area contributed by atoms with Crippen molar-refractivity contribution in [3.63, 3.8) is 0 Å². The van der Waals surface area contributed by atoms with Gasteiger partial charge in [0.2, 0.25) is 0 Å². The summed E-state index contributed by atoms with van der Waals surface area (Å²) in [5, 5.41) is 2.91. The second-order valence-electron chi connectivity index (χ2n) is 4.40. The van der Waals surface area contributed by atoms with E-state index in [1.165, 1.54) is 6.07 Å². The van der Waals surface area contributed by atoms with Crippen LogP contribution < -0.4 is 5.32 Å². The second kappa shape index (κ2) is 5.87. The summed E-state index contributed by atoms with van der Waals surface area (Å²) in [6, 6.07) is 3.05. The molecule has 1 N–H and O–H groups in total. The van der Waals surface area contributed by atoms with Gasteiger partial charge in [0, 0.05) is 18.5 Å². The Kier molecular flexibility index (Phi) is 4.75. The van der Waals surface area contributed by atoms with Gasteiger partial charge in [0.15, 0.2) is 5.78 Å². The molecule has 2 nitrogen and oxygen atoms in total. The van der Waals surface area contributed by atoms with Gasteiger partial charge in [0.05, 0.1) is 5.56 Å². The Morgan fingerprint density at radius 2 is 2.00 bits per heavy atom. The standard InChI is InChI=1S/C13H17F2NO/c1-8(2)11(7-16-3)13(17)10-5-4-9(14)6-12(10)15/h4-6,8,11,16H,7H2,1-3H3. The van der Waals surface area contributed by atoms with Crippen molar-refractivity contribution in [2.24, 2.45) is 11.8 Å². The van der Waals surface area contributed by atoms with Crippen LogP contribution >= 0.6 is 0 Å². The van der Waals surface area contributed by atoms with Gasteiger partial charge in [-0.2, -0.15) is 0 Å². The Bertz CT molecular complexity index is 404. The molecule has 0 bridgehead atoms. The second-order valence-corrected chi connectivity index (χ2v) is 4.40. The minimum atomic E-state index is -0.795. The molecule has 0 heterocycles. The van der Waals surface area contributed by atoms with E-state index in [4.69, 9.17) is 0 Å². The van der Waals surface area contributed by atoms with Crippen LogP contribution in [0.1, 0.15) is 24.2 Å². The fourth-order valence-corrected chi connectivity index (χ4v) is 1.74. The highest BCUT2D eigenvalue weighted by Gasteiger charge is 2.25. The van der Waals surface area contributed by atoms with Crippen molar-refractivity contribution in [3.8, 4) is 0 Å². The summed E-state index contributed by atoms with van der Waals surface area (Å²) in [5.41, 5.74) is -0.0413. The highest BCUT2D eigenvalue weighted by molar-refractivity contribution is 5.98. The predicted octanol–water partition coefficient (Wildman–Crippen LogP) is 2.64. The molecule has 1 unspecified atom stereocenters. The molecule has 0 saturated heterocycles. The summed E-state index contributed by atoms with van der Waals surface area (Å²) in [6.45, 7) is 4.29. The zero-order valence-corrected chi connectivity index (χ0v) is 10.3. The zero-order valence-electron chi connectivity index (χ0n) is 10.3. The van der Waals surface area contributed by atoms with Crippen LogP contribution in [0.3, 0.4) is 0 Å².